The molecule has 1 aromatic rings. The van der Waals surface area contributed by atoms with Crippen LogP contribution < -0.4 is 5.73 Å². The summed E-state index contributed by atoms with van der Waals surface area (Å²) in [5.41, 5.74) is 8.95. The van der Waals surface area contributed by atoms with Gasteiger partial charge in [0.05, 0.1) is 0 Å². The van der Waals surface area contributed by atoms with Gasteiger partial charge in [-0.2, -0.15) is 0 Å². The van der Waals surface area contributed by atoms with Gasteiger partial charge < -0.3 is 5.73 Å². The van der Waals surface area contributed by atoms with E-state index in [2.05, 4.69) is 68.8 Å². The predicted octanol–water partition coefficient (Wildman–Crippen LogP) is 2.41. The summed E-state index contributed by atoms with van der Waals surface area (Å²) in [5, 5.41) is 0. The van der Waals surface area contributed by atoms with Gasteiger partial charge in [-0.05, 0) is 40.3 Å². The molecule has 2 N–H and O–H groups in total. The van der Waals surface area contributed by atoms with Gasteiger partial charge in [0.1, 0.15) is 0 Å². The van der Waals surface area contributed by atoms with Crippen molar-refractivity contribution in [2.45, 2.75) is 51.9 Å². The third-order valence-electron chi connectivity index (χ3n) is 4.70. The number of piperazine rings is 1. The Morgan fingerprint density at radius 3 is 2.05 bits per heavy atom. The minimum Gasteiger partial charge on any atom is -0.326 e. The molecular weight excluding hydrogens is 246 g/mol. The minimum absolute atomic E-state index is 0.139. The number of aryl methyl sites for hydroxylation is 1. The molecule has 20 heavy (non-hydrogen) atoms. The molecule has 4 unspecified atom stereocenters. The van der Waals surface area contributed by atoms with Crippen LogP contribution in [0.5, 0.6) is 0 Å². The molecule has 0 spiro atoms. The fraction of sp³-hybridized carbons (Fsp3) is 0.647. The average molecular weight is 275 g/mol. The van der Waals surface area contributed by atoms with Crippen LogP contribution in [0.1, 0.15) is 37.9 Å². The van der Waals surface area contributed by atoms with Gasteiger partial charge in [0.25, 0.3) is 0 Å². The Morgan fingerprint density at radius 2 is 1.60 bits per heavy atom. The fourth-order valence-electron chi connectivity index (χ4n) is 3.28. The van der Waals surface area contributed by atoms with Crippen LogP contribution in [0.4, 0.5) is 0 Å². The zero-order valence-electron chi connectivity index (χ0n) is 13.5. The van der Waals surface area contributed by atoms with Crippen molar-refractivity contribution >= 4 is 0 Å². The van der Waals surface area contributed by atoms with Crippen LogP contribution in [0.3, 0.4) is 0 Å². The van der Waals surface area contributed by atoms with Crippen LogP contribution in [0.25, 0.3) is 0 Å². The van der Waals surface area contributed by atoms with Gasteiger partial charge in [0.15, 0.2) is 0 Å². The van der Waals surface area contributed by atoms with Gasteiger partial charge in [-0.15, -0.1) is 0 Å². The summed E-state index contributed by atoms with van der Waals surface area (Å²) in [7, 11) is 2.22. The largest absolute Gasteiger partial charge is 0.326 e. The maximum absolute atomic E-state index is 6.31. The summed E-state index contributed by atoms with van der Waals surface area (Å²) in [4.78, 5) is 5.02. The lowest BCUT2D eigenvalue weighted by Gasteiger charge is -2.46. The van der Waals surface area contributed by atoms with Crippen molar-refractivity contribution in [3.8, 4) is 0 Å². The summed E-state index contributed by atoms with van der Waals surface area (Å²) in [6.07, 6.45) is 0. The Balaban J connectivity index is 2.23. The Labute approximate surface area is 123 Å². The third kappa shape index (κ3) is 3.22. The molecule has 4 atom stereocenters. The third-order valence-corrected chi connectivity index (χ3v) is 4.70. The number of hydrogen-bond acceptors (Lipinski definition) is 3. The normalized spacial score (nSPS) is 28.3. The summed E-state index contributed by atoms with van der Waals surface area (Å²) < 4.78 is 0. The smallest absolute Gasteiger partial charge is 0.0497 e. The number of hydrogen-bond donors (Lipinski definition) is 1. The molecule has 1 fully saturated rings. The second-order valence-electron chi connectivity index (χ2n) is 6.53. The molecular formula is C17H29N3. The van der Waals surface area contributed by atoms with Gasteiger partial charge >= 0.3 is 0 Å². The maximum atomic E-state index is 6.31. The molecule has 0 aliphatic carbocycles. The lowest BCUT2D eigenvalue weighted by atomic mass is 9.95. The molecule has 0 bridgehead atoms. The first-order valence-corrected chi connectivity index (χ1v) is 7.68. The van der Waals surface area contributed by atoms with Crippen LogP contribution in [0, 0.1) is 6.92 Å². The predicted molar refractivity (Wildman–Crippen MR) is 85.8 cm³/mol. The summed E-state index contributed by atoms with van der Waals surface area (Å²) in [6, 6.07) is 10.4. The topological polar surface area (TPSA) is 32.5 Å². The van der Waals surface area contributed by atoms with Crippen molar-refractivity contribution in [3.05, 3.63) is 35.4 Å². The molecule has 1 saturated heterocycles. The van der Waals surface area contributed by atoms with E-state index in [0.717, 1.165) is 13.1 Å². The zero-order chi connectivity index (χ0) is 14.9. The first-order chi connectivity index (χ1) is 9.40. The highest BCUT2D eigenvalue weighted by atomic mass is 15.3. The number of nitrogens with two attached hydrogens (primary N) is 1. The summed E-state index contributed by atoms with van der Waals surface area (Å²) in [5.74, 6) is 0. The lowest BCUT2D eigenvalue weighted by Crippen LogP contribution is -2.57. The van der Waals surface area contributed by atoms with Gasteiger partial charge in [-0.3, -0.25) is 9.80 Å². The molecule has 3 nitrogen and oxygen atoms in total. The van der Waals surface area contributed by atoms with E-state index in [0.29, 0.717) is 18.1 Å². The number of rotatable bonds is 3. The van der Waals surface area contributed by atoms with E-state index < -0.39 is 0 Å². The average Bonchev–Trinajstić information content (AvgIpc) is 2.38. The first-order valence-electron chi connectivity index (χ1n) is 7.68. The maximum Gasteiger partial charge on any atom is 0.0497 e. The Kier molecular flexibility index (Phi) is 4.84. The van der Waals surface area contributed by atoms with Crippen LogP contribution >= 0.6 is 0 Å². The molecule has 1 aliphatic heterocycles. The van der Waals surface area contributed by atoms with Crippen molar-refractivity contribution in [2.75, 3.05) is 20.1 Å². The molecule has 1 aromatic carbocycles. The quantitative estimate of drug-likeness (QED) is 0.919. The second kappa shape index (κ2) is 6.25. The Hall–Kier alpha value is -0.900. The molecule has 0 aromatic heterocycles. The van der Waals surface area contributed by atoms with E-state index >= 15 is 0 Å². The standard InChI is InChI=1S/C17H29N3/c1-12-6-8-16(9-7-12)17(15(4)18)20-10-13(2)19(5)14(3)11-20/h6-9,13-15,17H,10-11,18H2,1-5H3. The van der Waals surface area contributed by atoms with Crippen LogP contribution in [-0.4, -0.2) is 48.1 Å². The van der Waals surface area contributed by atoms with Crippen molar-refractivity contribution in [1.29, 1.82) is 0 Å². The van der Waals surface area contributed by atoms with Crippen LogP contribution in [0.15, 0.2) is 24.3 Å². The summed E-state index contributed by atoms with van der Waals surface area (Å²) >= 11 is 0. The molecule has 0 amide bonds. The monoisotopic (exact) mass is 275 g/mol. The van der Waals surface area contributed by atoms with E-state index in [4.69, 9.17) is 5.73 Å². The molecule has 0 saturated carbocycles. The van der Waals surface area contributed by atoms with E-state index in [1.807, 2.05) is 0 Å². The zero-order valence-corrected chi connectivity index (χ0v) is 13.5. The van der Waals surface area contributed by atoms with E-state index in [9.17, 15) is 0 Å². The van der Waals surface area contributed by atoms with Crippen molar-refractivity contribution in [3.63, 3.8) is 0 Å². The van der Waals surface area contributed by atoms with Crippen molar-refractivity contribution in [2.24, 2.45) is 5.73 Å². The van der Waals surface area contributed by atoms with Gasteiger partial charge in [-0.25, -0.2) is 0 Å². The first kappa shape index (κ1) is 15.5. The van der Waals surface area contributed by atoms with E-state index in [-0.39, 0.29) is 6.04 Å². The SMILES string of the molecule is Cc1ccc(C(C(C)N)N2CC(C)N(C)C(C)C2)cc1. The Morgan fingerprint density at radius 1 is 1.10 bits per heavy atom. The highest BCUT2D eigenvalue weighted by Gasteiger charge is 2.32. The van der Waals surface area contributed by atoms with Crippen molar-refractivity contribution in [1.82, 2.24) is 9.80 Å². The molecule has 1 aliphatic rings. The number of benzene rings is 1. The van der Waals surface area contributed by atoms with Crippen LogP contribution in [0.2, 0.25) is 0 Å². The van der Waals surface area contributed by atoms with Crippen LogP contribution in [-0.2, 0) is 0 Å². The summed E-state index contributed by atoms with van der Waals surface area (Å²) in [6.45, 7) is 11.0. The number of nitrogens with zero attached hydrogens (tertiary/aromatic N) is 2. The highest BCUT2D eigenvalue weighted by molar-refractivity contribution is 5.25. The van der Waals surface area contributed by atoms with Gasteiger partial charge in [-0.1, -0.05) is 29.8 Å². The highest BCUT2D eigenvalue weighted by Crippen LogP contribution is 2.28. The van der Waals surface area contributed by atoms with E-state index in [1.165, 1.54) is 11.1 Å². The van der Waals surface area contributed by atoms with Gasteiger partial charge in [0.2, 0.25) is 0 Å². The second-order valence-corrected chi connectivity index (χ2v) is 6.53. The molecule has 1 heterocycles. The van der Waals surface area contributed by atoms with E-state index in [1.54, 1.807) is 0 Å². The molecule has 3 heteroatoms. The fourth-order valence-corrected chi connectivity index (χ4v) is 3.28. The Bertz CT molecular complexity index is 414. The van der Waals surface area contributed by atoms with Gasteiger partial charge in [0, 0.05) is 37.3 Å². The molecule has 112 valence electrons. The van der Waals surface area contributed by atoms with Crippen molar-refractivity contribution < 1.29 is 0 Å². The molecule has 0 radical (unpaired) electrons. The number of likely N-dealkylation sites (N-methyl/N-ethyl adjacent to an activating group) is 1. The molecule has 2 rings (SSSR count). The minimum atomic E-state index is 0.139. The lowest BCUT2D eigenvalue weighted by molar-refractivity contribution is 0.0274.